The third-order valence-electron chi connectivity index (χ3n) is 8.39. The molecule has 5 aliphatic rings. The molecule has 1 heterocycles. The average molecular weight is 381 g/mol. The Morgan fingerprint density at radius 1 is 0.964 bits per heavy atom. The van der Waals surface area contributed by atoms with Gasteiger partial charge in [0.25, 0.3) is 0 Å². The van der Waals surface area contributed by atoms with Gasteiger partial charge in [-0.2, -0.15) is 0 Å². The lowest BCUT2D eigenvalue weighted by Crippen LogP contribution is -2.48. The number of carbonyl (C=O) groups excluding carboxylic acids is 1. The highest BCUT2D eigenvalue weighted by Gasteiger charge is 2.50. The van der Waals surface area contributed by atoms with Crippen molar-refractivity contribution in [3.8, 4) is 0 Å². The highest BCUT2D eigenvalue weighted by atomic mass is 16.1. The van der Waals surface area contributed by atoms with E-state index in [1.54, 1.807) is 19.3 Å². The van der Waals surface area contributed by atoms with Gasteiger partial charge in [-0.1, -0.05) is 30.3 Å². The van der Waals surface area contributed by atoms with Gasteiger partial charge in [-0.15, -0.1) is 0 Å². The predicted octanol–water partition coefficient (Wildman–Crippen LogP) is 4.62. The van der Waals surface area contributed by atoms with Crippen molar-refractivity contribution in [3.63, 3.8) is 0 Å². The van der Waals surface area contributed by atoms with Gasteiger partial charge in [-0.25, -0.2) is 0 Å². The van der Waals surface area contributed by atoms with E-state index >= 15 is 0 Å². The maximum atomic E-state index is 12.5. The normalized spacial score (nSPS) is 35.2. The van der Waals surface area contributed by atoms with Crippen LogP contribution in [0.3, 0.4) is 0 Å². The second-order valence-electron chi connectivity index (χ2n) is 10.5. The first-order valence-corrected chi connectivity index (χ1v) is 11.7. The minimum absolute atomic E-state index is 0.208. The fraction of sp³-hybridized carbons (Fsp3) is 0.720. The number of likely N-dealkylation sites (tertiary alicyclic amines) is 1. The summed E-state index contributed by atoms with van der Waals surface area (Å²) >= 11 is 0. The number of nitrogens with one attached hydrogen (secondary N) is 1. The van der Waals surface area contributed by atoms with Crippen molar-refractivity contribution in [3.05, 3.63) is 35.9 Å². The molecule has 1 aliphatic heterocycles. The molecule has 1 aromatic carbocycles. The number of rotatable bonds is 6. The van der Waals surface area contributed by atoms with Crippen molar-refractivity contribution in [1.82, 2.24) is 10.2 Å². The van der Waals surface area contributed by atoms with Crippen LogP contribution in [0.1, 0.15) is 63.4 Å². The Bertz CT molecular complexity index is 642. The molecule has 1 N–H and O–H groups in total. The van der Waals surface area contributed by atoms with Crippen LogP contribution < -0.4 is 5.32 Å². The summed E-state index contributed by atoms with van der Waals surface area (Å²) in [6.45, 7) is 4.14. The van der Waals surface area contributed by atoms with Crippen molar-refractivity contribution < 1.29 is 4.79 Å². The van der Waals surface area contributed by atoms with Crippen LogP contribution in [0.2, 0.25) is 0 Å². The summed E-state index contributed by atoms with van der Waals surface area (Å²) in [5.74, 6) is 3.64. The maximum Gasteiger partial charge on any atom is 0.223 e. The molecular weight excluding hydrogens is 344 g/mol. The van der Waals surface area contributed by atoms with Gasteiger partial charge in [0.15, 0.2) is 0 Å². The van der Waals surface area contributed by atoms with Crippen molar-refractivity contribution in [1.29, 1.82) is 0 Å². The number of benzene rings is 1. The Hall–Kier alpha value is -1.35. The third kappa shape index (κ3) is 4.01. The summed E-state index contributed by atoms with van der Waals surface area (Å²) in [5, 5.41) is 3.15. The van der Waals surface area contributed by atoms with E-state index in [0.29, 0.717) is 12.0 Å². The quantitative estimate of drug-likeness (QED) is 0.781. The van der Waals surface area contributed by atoms with E-state index in [1.807, 2.05) is 18.2 Å². The Balaban J connectivity index is 1.06. The molecule has 152 valence electrons. The van der Waals surface area contributed by atoms with E-state index in [4.69, 9.17) is 0 Å². The van der Waals surface area contributed by atoms with Crippen LogP contribution in [0.15, 0.2) is 30.3 Å². The maximum absolute atomic E-state index is 12.5. The van der Waals surface area contributed by atoms with E-state index in [9.17, 15) is 4.79 Å². The average Bonchev–Trinajstić information content (AvgIpc) is 2.71. The summed E-state index contributed by atoms with van der Waals surface area (Å²) < 4.78 is 0. The number of hydrogen-bond donors (Lipinski definition) is 1. The van der Waals surface area contributed by atoms with Crippen LogP contribution in [-0.2, 0) is 11.3 Å². The summed E-state index contributed by atoms with van der Waals surface area (Å²) in [5.41, 5.74) is 1.88. The summed E-state index contributed by atoms with van der Waals surface area (Å²) in [7, 11) is 0. The molecule has 1 amide bonds. The van der Waals surface area contributed by atoms with Crippen LogP contribution in [0.5, 0.6) is 0 Å². The topological polar surface area (TPSA) is 32.3 Å². The van der Waals surface area contributed by atoms with Gasteiger partial charge in [0.1, 0.15) is 0 Å². The molecule has 4 aliphatic carbocycles. The number of carbonyl (C=O) groups is 1. The van der Waals surface area contributed by atoms with Gasteiger partial charge in [-0.05, 0) is 106 Å². The number of nitrogens with zero attached hydrogens (tertiary/aromatic N) is 1. The molecule has 3 heteroatoms. The van der Waals surface area contributed by atoms with Gasteiger partial charge in [0, 0.05) is 12.5 Å². The molecule has 1 saturated heterocycles. The zero-order chi connectivity index (χ0) is 19.0. The van der Waals surface area contributed by atoms with Gasteiger partial charge in [-0.3, -0.25) is 4.79 Å². The Kier molecular flexibility index (Phi) is 5.21. The van der Waals surface area contributed by atoms with Crippen LogP contribution in [-0.4, -0.2) is 30.4 Å². The molecular formula is C25H36N2O. The SMILES string of the molecule is O=C(NCc1ccccc1)C1CCN(CCC23CC4CC(CC(C4)C2)C3)CC1. The van der Waals surface area contributed by atoms with Gasteiger partial charge in [0.05, 0.1) is 0 Å². The third-order valence-corrected chi connectivity index (χ3v) is 8.39. The van der Waals surface area contributed by atoms with E-state index in [1.165, 1.54) is 37.8 Å². The van der Waals surface area contributed by atoms with Gasteiger partial charge < -0.3 is 10.2 Å². The first kappa shape index (κ1) is 18.7. The molecule has 4 saturated carbocycles. The molecule has 1 aromatic rings. The minimum atomic E-state index is 0.208. The minimum Gasteiger partial charge on any atom is -0.352 e. The lowest BCUT2D eigenvalue weighted by molar-refractivity contribution is -0.126. The molecule has 0 radical (unpaired) electrons. The Morgan fingerprint density at radius 3 is 2.18 bits per heavy atom. The molecule has 5 fully saturated rings. The molecule has 3 nitrogen and oxygen atoms in total. The molecule has 0 spiro atoms. The lowest BCUT2D eigenvalue weighted by Gasteiger charge is -2.57. The lowest BCUT2D eigenvalue weighted by atomic mass is 9.49. The van der Waals surface area contributed by atoms with Crippen LogP contribution >= 0.6 is 0 Å². The summed E-state index contributed by atoms with van der Waals surface area (Å²) in [4.78, 5) is 15.2. The number of piperidine rings is 1. The van der Waals surface area contributed by atoms with Crippen molar-refractivity contribution in [2.24, 2.45) is 29.1 Å². The fourth-order valence-electron chi connectivity index (χ4n) is 7.34. The summed E-state index contributed by atoms with van der Waals surface area (Å²) in [6.07, 6.45) is 12.7. The Labute approximate surface area is 170 Å². The number of hydrogen-bond acceptors (Lipinski definition) is 2. The van der Waals surface area contributed by atoms with Crippen molar-refractivity contribution in [2.75, 3.05) is 19.6 Å². The first-order valence-electron chi connectivity index (χ1n) is 11.7. The van der Waals surface area contributed by atoms with Crippen LogP contribution in [0.25, 0.3) is 0 Å². The number of amides is 1. The van der Waals surface area contributed by atoms with Gasteiger partial charge in [0.2, 0.25) is 5.91 Å². The smallest absolute Gasteiger partial charge is 0.223 e. The van der Waals surface area contributed by atoms with Crippen LogP contribution in [0, 0.1) is 29.1 Å². The second kappa shape index (κ2) is 7.82. The zero-order valence-corrected chi connectivity index (χ0v) is 17.2. The first-order chi connectivity index (χ1) is 13.7. The molecule has 28 heavy (non-hydrogen) atoms. The van der Waals surface area contributed by atoms with Crippen molar-refractivity contribution in [2.45, 2.75) is 64.3 Å². The van der Waals surface area contributed by atoms with Crippen LogP contribution in [0.4, 0.5) is 0 Å². The molecule has 0 atom stereocenters. The van der Waals surface area contributed by atoms with E-state index in [0.717, 1.165) is 43.7 Å². The van der Waals surface area contributed by atoms with Gasteiger partial charge >= 0.3 is 0 Å². The molecule has 0 aromatic heterocycles. The molecule has 6 rings (SSSR count). The summed E-state index contributed by atoms with van der Waals surface area (Å²) in [6, 6.07) is 10.2. The highest BCUT2D eigenvalue weighted by molar-refractivity contribution is 5.78. The highest BCUT2D eigenvalue weighted by Crippen LogP contribution is 2.61. The van der Waals surface area contributed by atoms with E-state index in [-0.39, 0.29) is 11.8 Å². The van der Waals surface area contributed by atoms with E-state index in [2.05, 4.69) is 22.3 Å². The molecule has 0 unspecified atom stereocenters. The fourth-order valence-corrected chi connectivity index (χ4v) is 7.34. The van der Waals surface area contributed by atoms with E-state index < -0.39 is 0 Å². The molecule has 4 bridgehead atoms. The predicted molar refractivity (Wildman–Crippen MR) is 113 cm³/mol. The Morgan fingerprint density at radius 2 is 1.57 bits per heavy atom. The zero-order valence-electron chi connectivity index (χ0n) is 17.2. The second-order valence-corrected chi connectivity index (χ2v) is 10.5. The monoisotopic (exact) mass is 380 g/mol. The standard InChI is InChI=1S/C25H36N2O/c28-24(26-18-19-4-2-1-3-5-19)23-6-9-27(10-7-23)11-8-25-15-20-12-21(16-25)14-22(13-20)17-25/h1-5,20-23H,6-18H2,(H,26,28). The van der Waals surface area contributed by atoms with Crippen molar-refractivity contribution >= 4 is 5.91 Å². The largest absolute Gasteiger partial charge is 0.352 e.